The number of carbonyl (C=O) groups excluding carboxylic acids is 1. The molecule has 1 heterocycles. The number of esters is 1. The number of benzene rings is 1. The van der Waals surface area contributed by atoms with Crippen LogP contribution in [0.2, 0.25) is 0 Å². The van der Waals surface area contributed by atoms with Crippen molar-refractivity contribution >= 4 is 12.0 Å². The molecule has 120 valence electrons. The van der Waals surface area contributed by atoms with Crippen molar-refractivity contribution in [3.8, 4) is 11.5 Å². The van der Waals surface area contributed by atoms with E-state index in [0.29, 0.717) is 5.56 Å². The van der Waals surface area contributed by atoms with Gasteiger partial charge in [0.05, 0.1) is 6.10 Å². The molecule has 0 aromatic heterocycles. The van der Waals surface area contributed by atoms with Gasteiger partial charge in [-0.15, -0.1) is 0 Å². The first-order chi connectivity index (χ1) is 10.6. The Labute approximate surface area is 131 Å². The van der Waals surface area contributed by atoms with Crippen molar-refractivity contribution in [2.24, 2.45) is 0 Å². The Morgan fingerprint density at radius 3 is 2.64 bits per heavy atom. The second kappa shape index (κ2) is 7.87. The monoisotopic (exact) mass is 304 g/mol. The topological polar surface area (TPSA) is 66.8 Å². The number of rotatable bonds is 0. The number of cyclic esters (lactones) is 1. The van der Waals surface area contributed by atoms with E-state index in [-0.39, 0.29) is 23.2 Å². The van der Waals surface area contributed by atoms with Gasteiger partial charge in [-0.25, -0.2) is 4.79 Å². The fourth-order valence-corrected chi connectivity index (χ4v) is 2.72. The minimum Gasteiger partial charge on any atom is -0.508 e. The molecule has 0 aliphatic carbocycles. The maximum atomic E-state index is 12.3. The van der Waals surface area contributed by atoms with E-state index in [1.54, 1.807) is 6.08 Å². The Balaban J connectivity index is 2.30. The highest BCUT2D eigenvalue weighted by Crippen LogP contribution is 2.30. The summed E-state index contributed by atoms with van der Waals surface area (Å²) in [7, 11) is 0. The predicted molar refractivity (Wildman–Crippen MR) is 86.0 cm³/mol. The summed E-state index contributed by atoms with van der Waals surface area (Å²) in [6, 6.07) is 2.64. The van der Waals surface area contributed by atoms with Crippen LogP contribution in [0, 0.1) is 0 Å². The molecule has 0 saturated carbocycles. The van der Waals surface area contributed by atoms with Crippen LogP contribution in [-0.2, 0) is 4.74 Å². The molecule has 0 unspecified atom stereocenters. The molecule has 4 nitrogen and oxygen atoms in total. The minimum atomic E-state index is -0.540. The lowest BCUT2D eigenvalue weighted by Gasteiger charge is -2.15. The normalized spacial score (nSPS) is 20.8. The van der Waals surface area contributed by atoms with Crippen LogP contribution in [0.4, 0.5) is 0 Å². The molecule has 0 saturated heterocycles. The highest BCUT2D eigenvalue weighted by atomic mass is 16.5. The summed E-state index contributed by atoms with van der Waals surface area (Å²) in [5, 5.41) is 19.6. The van der Waals surface area contributed by atoms with E-state index >= 15 is 0 Å². The number of phenols is 2. The number of carbonyl (C=O) groups is 1. The molecule has 22 heavy (non-hydrogen) atoms. The molecule has 1 aliphatic heterocycles. The summed E-state index contributed by atoms with van der Waals surface area (Å²) in [5.41, 5.74) is 0.615. The lowest BCUT2D eigenvalue weighted by Crippen LogP contribution is -2.16. The second-order valence-corrected chi connectivity index (χ2v) is 5.89. The van der Waals surface area contributed by atoms with Crippen LogP contribution >= 0.6 is 0 Å². The predicted octanol–water partition coefficient (Wildman–Crippen LogP) is 4.40. The van der Waals surface area contributed by atoms with Gasteiger partial charge in [-0.2, -0.15) is 0 Å². The zero-order valence-corrected chi connectivity index (χ0v) is 13.0. The van der Waals surface area contributed by atoms with Crippen LogP contribution in [0.5, 0.6) is 11.5 Å². The molecule has 0 spiro atoms. The summed E-state index contributed by atoms with van der Waals surface area (Å²) in [5.74, 6) is -0.853. The number of hydrogen-bond acceptors (Lipinski definition) is 4. The molecular weight excluding hydrogens is 280 g/mol. The Kier molecular flexibility index (Phi) is 5.87. The van der Waals surface area contributed by atoms with E-state index in [1.807, 2.05) is 13.0 Å². The van der Waals surface area contributed by atoms with Gasteiger partial charge in [0.1, 0.15) is 17.1 Å². The van der Waals surface area contributed by atoms with Crippen molar-refractivity contribution in [2.45, 2.75) is 58.0 Å². The average molecular weight is 304 g/mol. The zero-order valence-electron chi connectivity index (χ0n) is 13.0. The molecule has 2 N–H and O–H groups in total. The first kappa shape index (κ1) is 16.4. The van der Waals surface area contributed by atoms with E-state index in [0.717, 1.165) is 32.1 Å². The van der Waals surface area contributed by atoms with Crippen molar-refractivity contribution in [3.63, 3.8) is 0 Å². The van der Waals surface area contributed by atoms with Crippen molar-refractivity contribution in [2.75, 3.05) is 0 Å². The van der Waals surface area contributed by atoms with Crippen molar-refractivity contribution in [1.82, 2.24) is 0 Å². The maximum absolute atomic E-state index is 12.3. The molecule has 0 bridgehead atoms. The highest BCUT2D eigenvalue weighted by Gasteiger charge is 2.20. The average Bonchev–Trinajstić information content (AvgIpc) is 2.43. The molecule has 1 aromatic carbocycles. The first-order valence-electron chi connectivity index (χ1n) is 8.01. The zero-order chi connectivity index (χ0) is 15.9. The van der Waals surface area contributed by atoms with Gasteiger partial charge in [0.25, 0.3) is 0 Å². The number of aromatic hydroxyl groups is 2. The van der Waals surface area contributed by atoms with Gasteiger partial charge in [-0.3, -0.25) is 0 Å². The molecule has 0 amide bonds. The fourth-order valence-electron chi connectivity index (χ4n) is 2.72. The lowest BCUT2D eigenvalue weighted by molar-refractivity contribution is 0.0316. The van der Waals surface area contributed by atoms with Crippen molar-refractivity contribution < 1.29 is 19.7 Å². The molecule has 0 radical (unpaired) electrons. The number of ether oxygens (including phenoxy) is 1. The molecule has 2 rings (SSSR count). The van der Waals surface area contributed by atoms with Crippen LogP contribution in [0.15, 0.2) is 18.2 Å². The Morgan fingerprint density at radius 2 is 1.82 bits per heavy atom. The molecule has 1 aliphatic rings. The van der Waals surface area contributed by atoms with E-state index in [9.17, 15) is 15.0 Å². The van der Waals surface area contributed by atoms with Gasteiger partial charge in [0.15, 0.2) is 0 Å². The number of fused-ring (bicyclic) bond motifs is 1. The molecule has 0 fully saturated rings. The lowest BCUT2D eigenvalue weighted by atomic mass is 10.0. The smallest absolute Gasteiger partial charge is 0.342 e. The third-order valence-electron chi connectivity index (χ3n) is 3.92. The Bertz CT molecular complexity index is 548. The van der Waals surface area contributed by atoms with Crippen LogP contribution < -0.4 is 0 Å². The van der Waals surface area contributed by atoms with E-state index < -0.39 is 5.97 Å². The third kappa shape index (κ3) is 4.52. The van der Waals surface area contributed by atoms with E-state index in [4.69, 9.17) is 4.74 Å². The Hall–Kier alpha value is -1.97. The summed E-state index contributed by atoms with van der Waals surface area (Å²) >= 11 is 0. The SMILES string of the molecule is C[C@H]1CCCCCCCC=Cc2cc(O)cc(O)c2C(=O)O1. The van der Waals surface area contributed by atoms with Crippen LogP contribution in [0.3, 0.4) is 0 Å². The maximum Gasteiger partial charge on any atom is 0.342 e. The van der Waals surface area contributed by atoms with E-state index in [1.165, 1.54) is 25.0 Å². The highest BCUT2D eigenvalue weighted by molar-refractivity contribution is 5.97. The summed E-state index contributed by atoms with van der Waals surface area (Å²) in [4.78, 5) is 12.3. The minimum absolute atomic E-state index is 0.0668. The largest absolute Gasteiger partial charge is 0.508 e. The van der Waals surface area contributed by atoms with Gasteiger partial charge in [0.2, 0.25) is 0 Å². The number of phenolic OH excluding ortho intramolecular Hbond substituents is 2. The number of allylic oxidation sites excluding steroid dienone is 1. The first-order valence-corrected chi connectivity index (χ1v) is 8.01. The summed E-state index contributed by atoms with van der Waals surface area (Å²) < 4.78 is 5.43. The third-order valence-corrected chi connectivity index (χ3v) is 3.92. The summed E-state index contributed by atoms with van der Waals surface area (Å²) in [6.07, 6.45) is 11.0. The molecule has 4 heteroatoms. The van der Waals surface area contributed by atoms with Crippen LogP contribution in [0.1, 0.15) is 67.8 Å². The van der Waals surface area contributed by atoms with Crippen molar-refractivity contribution in [1.29, 1.82) is 0 Å². The van der Waals surface area contributed by atoms with Crippen LogP contribution in [-0.4, -0.2) is 22.3 Å². The quantitative estimate of drug-likeness (QED) is 0.697. The standard InChI is InChI=1S/C18H24O4/c1-13-9-7-5-3-2-4-6-8-10-14-11-15(19)12-16(20)17(14)18(21)22-13/h8,10-13,19-20H,2-7,9H2,1H3/t13-/m0/s1. The van der Waals surface area contributed by atoms with E-state index in [2.05, 4.69) is 0 Å². The summed E-state index contributed by atoms with van der Waals surface area (Å²) in [6.45, 7) is 1.87. The van der Waals surface area contributed by atoms with Gasteiger partial charge in [-0.1, -0.05) is 31.4 Å². The molecular formula is C18H24O4. The van der Waals surface area contributed by atoms with Gasteiger partial charge >= 0.3 is 5.97 Å². The van der Waals surface area contributed by atoms with Gasteiger partial charge < -0.3 is 14.9 Å². The molecule has 1 aromatic rings. The van der Waals surface area contributed by atoms with Crippen LogP contribution in [0.25, 0.3) is 6.08 Å². The van der Waals surface area contributed by atoms with Crippen molar-refractivity contribution in [3.05, 3.63) is 29.3 Å². The van der Waals surface area contributed by atoms with Gasteiger partial charge in [-0.05, 0) is 44.2 Å². The fraction of sp³-hybridized carbons (Fsp3) is 0.500. The van der Waals surface area contributed by atoms with Gasteiger partial charge in [0, 0.05) is 6.07 Å². The molecule has 1 atom stereocenters. The Morgan fingerprint density at radius 1 is 1.09 bits per heavy atom. The second-order valence-electron chi connectivity index (χ2n) is 5.89. The number of hydrogen-bond donors (Lipinski definition) is 2.